The normalized spacial score (nSPS) is 22.2. The summed E-state index contributed by atoms with van der Waals surface area (Å²) in [4.78, 5) is 15.1. The highest BCUT2D eigenvalue weighted by Gasteiger charge is 2.27. The van der Waals surface area contributed by atoms with Crippen molar-refractivity contribution in [1.82, 2.24) is 15.6 Å². The molecule has 1 aromatic carbocycles. The minimum absolute atomic E-state index is 0.0265. The molecular formula is C15H19N3O2. The standard InChI is InChI=1S/C15H19N3O2/c19-11-7-14(18-9-11)15(20)16-6-5-10-8-17-13-4-2-1-3-12(10)13/h1-4,8,11,14,17-19H,5-7,9H2,(H,16,20)/t11-,14-/m1/s1. The number of nitrogens with one attached hydrogen (secondary N) is 3. The fourth-order valence-electron chi connectivity index (χ4n) is 2.70. The van der Waals surface area contributed by atoms with E-state index in [-0.39, 0.29) is 11.9 Å². The van der Waals surface area contributed by atoms with Gasteiger partial charge >= 0.3 is 0 Å². The minimum Gasteiger partial charge on any atom is -0.392 e. The molecule has 0 unspecified atom stereocenters. The second kappa shape index (κ2) is 5.64. The van der Waals surface area contributed by atoms with E-state index in [1.165, 1.54) is 10.9 Å². The maximum absolute atomic E-state index is 11.9. The first kappa shape index (κ1) is 13.1. The number of aliphatic hydroxyl groups excluding tert-OH is 1. The number of carbonyl (C=O) groups excluding carboxylic acids is 1. The van der Waals surface area contributed by atoms with Gasteiger partial charge in [-0.2, -0.15) is 0 Å². The highest BCUT2D eigenvalue weighted by Crippen LogP contribution is 2.17. The summed E-state index contributed by atoms with van der Waals surface area (Å²) in [5.74, 6) is -0.0265. The fraction of sp³-hybridized carbons (Fsp3) is 0.400. The van der Waals surface area contributed by atoms with Crippen LogP contribution in [-0.4, -0.2) is 41.2 Å². The number of H-pyrrole nitrogens is 1. The molecule has 1 aromatic heterocycles. The number of hydrogen-bond acceptors (Lipinski definition) is 3. The van der Waals surface area contributed by atoms with Crippen LogP contribution in [0.4, 0.5) is 0 Å². The SMILES string of the molecule is O=C(NCCc1c[nH]c2ccccc12)[C@H]1C[C@@H](O)CN1. The third-order valence-electron chi connectivity index (χ3n) is 3.79. The van der Waals surface area contributed by atoms with Gasteiger partial charge in [0.1, 0.15) is 0 Å². The Bertz CT molecular complexity index is 608. The molecule has 4 N–H and O–H groups in total. The van der Waals surface area contributed by atoms with Crippen LogP contribution < -0.4 is 10.6 Å². The predicted octanol–water partition coefficient (Wildman–Crippen LogP) is 0.549. The van der Waals surface area contributed by atoms with Gasteiger partial charge in [0.15, 0.2) is 0 Å². The molecule has 1 saturated heterocycles. The molecule has 106 valence electrons. The van der Waals surface area contributed by atoms with Crippen molar-refractivity contribution < 1.29 is 9.90 Å². The van der Waals surface area contributed by atoms with E-state index >= 15 is 0 Å². The molecule has 1 fully saturated rings. The molecule has 5 heteroatoms. The van der Waals surface area contributed by atoms with Crippen molar-refractivity contribution in [2.24, 2.45) is 0 Å². The van der Waals surface area contributed by atoms with E-state index in [0.717, 1.165) is 11.9 Å². The number of benzene rings is 1. The Morgan fingerprint density at radius 2 is 2.25 bits per heavy atom. The van der Waals surface area contributed by atoms with Gasteiger partial charge in [-0.15, -0.1) is 0 Å². The summed E-state index contributed by atoms with van der Waals surface area (Å²) >= 11 is 0. The molecule has 5 nitrogen and oxygen atoms in total. The number of aromatic nitrogens is 1. The van der Waals surface area contributed by atoms with Gasteiger partial charge in [-0.05, 0) is 24.5 Å². The lowest BCUT2D eigenvalue weighted by molar-refractivity contribution is -0.122. The van der Waals surface area contributed by atoms with Gasteiger partial charge in [0, 0.05) is 30.2 Å². The first-order chi connectivity index (χ1) is 9.74. The molecule has 1 aliphatic heterocycles. The molecule has 0 spiro atoms. The van der Waals surface area contributed by atoms with Gasteiger partial charge in [-0.25, -0.2) is 0 Å². The zero-order chi connectivity index (χ0) is 13.9. The van der Waals surface area contributed by atoms with Crippen LogP contribution in [0.25, 0.3) is 10.9 Å². The summed E-state index contributed by atoms with van der Waals surface area (Å²) in [6.45, 7) is 1.11. The Morgan fingerprint density at radius 3 is 3.05 bits per heavy atom. The van der Waals surface area contributed by atoms with Crippen molar-refractivity contribution in [3.63, 3.8) is 0 Å². The van der Waals surface area contributed by atoms with E-state index in [9.17, 15) is 9.90 Å². The van der Waals surface area contributed by atoms with Crippen LogP contribution in [0, 0.1) is 0 Å². The smallest absolute Gasteiger partial charge is 0.237 e. The van der Waals surface area contributed by atoms with Crippen molar-refractivity contribution in [3.8, 4) is 0 Å². The average molecular weight is 273 g/mol. The highest BCUT2D eigenvalue weighted by molar-refractivity contribution is 5.84. The molecule has 1 amide bonds. The number of amides is 1. The van der Waals surface area contributed by atoms with E-state index in [0.29, 0.717) is 19.5 Å². The van der Waals surface area contributed by atoms with Crippen molar-refractivity contribution in [2.75, 3.05) is 13.1 Å². The van der Waals surface area contributed by atoms with Crippen molar-refractivity contribution in [3.05, 3.63) is 36.0 Å². The van der Waals surface area contributed by atoms with Gasteiger partial charge in [0.25, 0.3) is 0 Å². The fourth-order valence-corrected chi connectivity index (χ4v) is 2.70. The van der Waals surface area contributed by atoms with E-state index in [1.54, 1.807) is 0 Å². The first-order valence-corrected chi connectivity index (χ1v) is 6.98. The molecule has 20 heavy (non-hydrogen) atoms. The highest BCUT2D eigenvalue weighted by atomic mass is 16.3. The number of carbonyl (C=O) groups is 1. The number of aromatic amines is 1. The van der Waals surface area contributed by atoms with Crippen LogP contribution in [0.1, 0.15) is 12.0 Å². The van der Waals surface area contributed by atoms with Gasteiger partial charge in [-0.3, -0.25) is 4.79 Å². The number of para-hydroxylation sites is 1. The van der Waals surface area contributed by atoms with Crippen molar-refractivity contribution >= 4 is 16.8 Å². The summed E-state index contributed by atoms with van der Waals surface area (Å²) in [5.41, 5.74) is 2.33. The Kier molecular flexibility index (Phi) is 3.71. The zero-order valence-electron chi connectivity index (χ0n) is 11.2. The van der Waals surface area contributed by atoms with Crippen molar-refractivity contribution in [2.45, 2.75) is 25.0 Å². The van der Waals surface area contributed by atoms with Crippen LogP contribution in [0.3, 0.4) is 0 Å². The van der Waals surface area contributed by atoms with Crippen LogP contribution in [-0.2, 0) is 11.2 Å². The summed E-state index contributed by atoms with van der Waals surface area (Å²) in [6.07, 6.45) is 2.89. The largest absolute Gasteiger partial charge is 0.392 e. The number of β-amino-alcohol motifs (C(OH)–C–C–N with tert-alkyl or cyclic N) is 1. The monoisotopic (exact) mass is 273 g/mol. The molecule has 2 aromatic rings. The maximum Gasteiger partial charge on any atom is 0.237 e. The molecule has 0 radical (unpaired) electrons. The van der Waals surface area contributed by atoms with Gasteiger partial charge in [-0.1, -0.05) is 18.2 Å². The van der Waals surface area contributed by atoms with E-state index in [1.807, 2.05) is 24.4 Å². The zero-order valence-corrected chi connectivity index (χ0v) is 11.2. The second-order valence-corrected chi connectivity index (χ2v) is 5.25. The Labute approximate surface area is 117 Å². The quantitative estimate of drug-likeness (QED) is 0.657. The molecule has 0 saturated carbocycles. The Hall–Kier alpha value is -1.85. The number of fused-ring (bicyclic) bond motifs is 1. The summed E-state index contributed by atoms with van der Waals surface area (Å²) in [7, 11) is 0. The van der Waals surface area contributed by atoms with Gasteiger partial charge in [0.05, 0.1) is 12.1 Å². The Morgan fingerprint density at radius 1 is 1.40 bits per heavy atom. The molecule has 2 atom stereocenters. The summed E-state index contributed by atoms with van der Waals surface area (Å²) in [5, 5.41) is 16.5. The summed E-state index contributed by atoms with van der Waals surface area (Å²) in [6, 6.07) is 7.89. The average Bonchev–Trinajstić information content (AvgIpc) is 3.06. The van der Waals surface area contributed by atoms with E-state index < -0.39 is 6.10 Å². The number of hydrogen-bond donors (Lipinski definition) is 4. The van der Waals surface area contributed by atoms with Crippen LogP contribution in [0.5, 0.6) is 0 Å². The third kappa shape index (κ3) is 2.69. The van der Waals surface area contributed by atoms with Crippen LogP contribution >= 0.6 is 0 Å². The maximum atomic E-state index is 11.9. The third-order valence-corrected chi connectivity index (χ3v) is 3.79. The number of aliphatic hydroxyl groups is 1. The first-order valence-electron chi connectivity index (χ1n) is 6.98. The lowest BCUT2D eigenvalue weighted by Gasteiger charge is -2.10. The molecule has 2 heterocycles. The van der Waals surface area contributed by atoms with Gasteiger partial charge < -0.3 is 20.7 Å². The van der Waals surface area contributed by atoms with E-state index in [4.69, 9.17) is 0 Å². The van der Waals surface area contributed by atoms with E-state index in [2.05, 4.69) is 21.7 Å². The second-order valence-electron chi connectivity index (χ2n) is 5.25. The summed E-state index contributed by atoms with van der Waals surface area (Å²) < 4.78 is 0. The molecule has 3 rings (SSSR count). The lowest BCUT2D eigenvalue weighted by Crippen LogP contribution is -2.41. The molecular weight excluding hydrogens is 254 g/mol. The lowest BCUT2D eigenvalue weighted by atomic mass is 10.1. The topological polar surface area (TPSA) is 77.2 Å². The Balaban J connectivity index is 1.54. The molecule has 0 bridgehead atoms. The number of rotatable bonds is 4. The minimum atomic E-state index is -0.403. The molecule has 0 aliphatic carbocycles. The van der Waals surface area contributed by atoms with Gasteiger partial charge in [0.2, 0.25) is 5.91 Å². The predicted molar refractivity (Wildman–Crippen MR) is 77.4 cm³/mol. The van der Waals surface area contributed by atoms with Crippen LogP contribution in [0.15, 0.2) is 30.5 Å². The van der Waals surface area contributed by atoms with Crippen molar-refractivity contribution in [1.29, 1.82) is 0 Å². The van der Waals surface area contributed by atoms with Crippen LogP contribution in [0.2, 0.25) is 0 Å². The molecule has 1 aliphatic rings.